The van der Waals surface area contributed by atoms with Gasteiger partial charge in [-0.1, -0.05) is 6.42 Å². The predicted octanol–water partition coefficient (Wildman–Crippen LogP) is 1.79. The Bertz CT molecular complexity index is 921. The number of aryl methyl sites for hydroxylation is 1. The Hall–Kier alpha value is -2.41. The maximum Gasteiger partial charge on any atom is 0.272 e. The average molecular weight is 326 g/mol. The number of rotatable bonds is 3. The van der Waals surface area contributed by atoms with Crippen molar-refractivity contribution in [2.75, 3.05) is 6.54 Å². The molecule has 126 valence electrons. The van der Waals surface area contributed by atoms with Crippen molar-refractivity contribution in [3.05, 3.63) is 51.8 Å². The van der Waals surface area contributed by atoms with Gasteiger partial charge >= 0.3 is 0 Å². The van der Waals surface area contributed by atoms with Gasteiger partial charge in [-0.2, -0.15) is 5.10 Å². The van der Waals surface area contributed by atoms with E-state index < -0.39 is 0 Å². The molecule has 0 aliphatic carbocycles. The van der Waals surface area contributed by atoms with E-state index in [0.29, 0.717) is 5.65 Å². The normalized spacial score (nSPS) is 19.2. The first-order valence-corrected chi connectivity index (χ1v) is 8.42. The number of aromatic amines is 1. The Morgan fingerprint density at radius 3 is 3.04 bits per heavy atom. The molecule has 1 aliphatic heterocycles. The van der Waals surface area contributed by atoms with Gasteiger partial charge in [0.15, 0.2) is 5.65 Å². The van der Waals surface area contributed by atoms with Gasteiger partial charge < -0.3 is 0 Å². The third-order valence-electron chi connectivity index (χ3n) is 5.07. The van der Waals surface area contributed by atoms with Gasteiger partial charge in [0, 0.05) is 43.2 Å². The number of hydrogen-bond acceptors (Lipinski definition) is 4. The highest BCUT2D eigenvalue weighted by molar-refractivity contribution is 5.37. The highest BCUT2D eigenvalue weighted by Gasteiger charge is 2.26. The van der Waals surface area contributed by atoms with Crippen LogP contribution < -0.4 is 5.56 Å². The van der Waals surface area contributed by atoms with Crippen LogP contribution in [0.5, 0.6) is 0 Å². The molecule has 1 atom stereocenters. The second-order valence-corrected chi connectivity index (χ2v) is 6.54. The standard InChI is InChI=1S/C17H22N6O/c1-12-13(10-19-21(12)2)11-22-8-4-3-5-15(22)14-9-17(24)23-16(20-14)6-7-18-23/h6-7,9-10,15,18H,3-5,8,11H2,1-2H3. The van der Waals surface area contributed by atoms with Gasteiger partial charge in [0.25, 0.3) is 5.56 Å². The fourth-order valence-corrected chi connectivity index (χ4v) is 3.55. The maximum absolute atomic E-state index is 12.3. The molecule has 1 unspecified atom stereocenters. The van der Waals surface area contributed by atoms with Gasteiger partial charge in [0.1, 0.15) is 0 Å². The minimum absolute atomic E-state index is 0.0527. The van der Waals surface area contributed by atoms with Gasteiger partial charge in [-0.3, -0.25) is 19.5 Å². The third-order valence-corrected chi connectivity index (χ3v) is 5.07. The molecule has 1 saturated heterocycles. The van der Waals surface area contributed by atoms with Gasteiger partial charge in [0.05, 0.1) is 17.9 Å². The second-order valence-electron chi connectivity index (χ2n) is 6.54. The van der Waals surface area contributed by atoms with Gasteiger partial charge in [0.2, 0.25) is 0 Å². The van der Waals surface area contributed by atoms with E-state index in [-0.39, 0.29) is 11.6 Å². The first-order chi connectivity index (χ1) is 11.6. The summed E-state index contributed by atoms with van der Waals surface area (Å²) in [5, 5.41) is 7.24. The van der Waals surface area contributed by atoms with E-state index in [1.165, 1.54) is 28.6 Å². The number of H-pyrrole nitrogens is 1. The summed E-state index contributed by atoms with van der Waals surface area (Å²) in [5.74, 6) is 0. The van der Waals surface area contributed by atoms with Crippen molar-refractivity contribution >= 4 is 5.65 Å². The molecule has 3 aromatic heterocycles. The number of hydrogen-bond donors (Lipinski definition) is 1. The van der Waals surface area contributed by atoms with E-state index in [1.54, 1.807) is 12.3 Å². The smallest absolute Gasteiger partial charge is 0.272 e. The van der Waals surface area contributed by atoms with E-state index >= 15 is 0 Å². The Morgan fingerprint density at radius 2 is 2.25 bits per heavy atom. The van der Waals surface area contributed by atoms with Gasteiger partial charge in [-0.15, -0.1) is 0 Å². The average Bonchev–Trinajstić information content (AvgIpc) is 3.18. The van der Waals surface area contributed by atoms with Crippen LogP contribution in [0.2, 0.25) is 0 Å². The summed E-state index contributed by atoms with van der Waals surface area (Å²) in [6.07, 6.45) is 7.07. The van der Waals surface area contributed by atoms with E-state index in [9.17, 15) is 4.79 Å². The fraction of sp³-hybridized carbons (Fsp3) is 0.471. The molecule has 3 aromatic rings. The lowest BCUT2D eigenvalue weighted by Crippen LogP contribution is -2.34. The number of nitrogens with one attached hydrogen (secondary N) is 1. The van der Waals surface area contributed by atoms with Gasteiger partial charge in [-0.05, 0) is 26.3 Å². The van der Waals surface area contributed by atoms with Crippen LogP contribution in [0.4, 0.5) is 0 Å². The highest BCUT2D eigenvalue weighted by atomic mass is 16.1. The monoisotopic (exact) mass is 326 g/mol. The molecule has 1 fully saturated rings. The zero-order chi connectivity index (χ0) is 16.7. The fourth-order valence-electron chi connectivity index (χ4n) is 3.55. The van der Waals surface area contributed by atoms with Crippen LogP contribution in [-0.4, -0.2) is 35.8 Å². The first kappa shape index (κ1) is 15.1. The molecular weight excluding hydrogens is 304 g/mol. The lowest BCUT2D eigenvalue weighted by atomic mass is 9.98. The largest absolute Gasteiger partial charge is 0.297 e. The number of fused-ring (bicyclic) bond motifs is 1. The zero-order valence-corrected chi connectivity index (χ0v) is 14.1. The summed E-state index contributed by atoms with van der Waals surface area (Å²) >= 11 is 0. The lowest BCUT2D eigenvalue weighted by molar-refractivity contribution is 0.137. The molecule has 0 saturated carbocycles. The maximum atomic E-state index is 12.3. The zero-order valence-electron chi connectivity index (χ0n) is 14.1. The molecule has 1 aliphatic rings. The number of likely N-dealkylation sites (tertiary alicyclic amines) is 1. The predicted molar refractivity (Wildman–Crippen MR) is 90.8 cm³/mol. The summed E-state index contributed by atoms with van der Waals surface area (Å²) in [6.45, 7) is 3.96. The molecule has 4 rings (SSSR count). The quantitative estimate of drug-likeness (QED) is 0.796. The van der Waals surface area contributed by atoms with E-state index in [0.717, 1.165) is 25.2 Å². The topological polar surface area (TPSA) is 71.2 Å². The van der Waals surface area contributed by atoms with Crippen LogP contribution in [0.15, 0.2) is 29.3 Å². The van der Waals surface area contributed by atoms with Crippen molar-refractivity contribution < 1.29 is 0 Å². The van der Waals surface area contributed by atoms with Crippen molar-refractivity contribution in [3.8, 4) is 0 Å². The molecule has 4 heterocycles. The van der Waals surface area contributed by atoms with Crippen molar-refractivity contribution in [2.24, 2.45) is 7.05 Å². The molecule has 0 spiro atoms. The molecule has 0 aromatic carbocycles. The number of piperidine rings is 1. The van der Waals surface area contributed by atoms with E-state index in [1.807, 2.05) is 24.0 Å². The van der Waals surface area contributed by atoms with Crippen molar-refractivity contribution in [3.63, 3.8) is 0 Å². The van der Waals surface area contributed by atoms with Crippen LogP contribution in [-0.2, 0) is 13.6 Å². The minimum atomic E-state index is -0.0527. The summed E-state index contributed by atoms with van der Waals surface area (Å²) in [6, 6.07) is 3.69. The van der Waals surface area contributed by atoms with Gasteiger partial charge in [-0.25, -0.2) is 9.50 Å². The Labute approximate surface area is 139 Å². The van der Waals surface area contributed by atoms with Crippen molar-refractivity contribution in [2.45, 2.75) is 38.8 Å². The molecule has 0 radical (unpaired) electrons. The minimum Gasteiger partial charge on any atom is -0.297 e. The molecule has 1 N–H and O–H groups in total. The molecule has 0 bridgehead atoms. The lowest BCUT2D eigenvalue weighted by Gasteiger charge is -2.35. The van der Waals surface area contributed by atoms with E-state index in [2.05, 4.69) is 22.0 Å². The summed E-state index contributed by atoms with van der Waals surface area (Å²) < 4.78 is 3.38. The van der Waals surface area contributed by atoms with Crippen LogP contribution in [0.25, 0.3) is 5.65 Å². The van der Waals surface area contributed by atoms with Crippen LogP contribution >= 0.6 is 0 Å². The SMILES string of the molecule is Cc1c(CN2CCCCC2c2cc(=O)n3[nH]ccc3n2)cnn1C. The van der Waals surface area contributed by atoms with Crippen LogP contribution in [0.1, 0.15) is 42.3 Å². The summed E-state index contributed by atoms with van der Waals surface area (Å²) in [7, 11) is 1.97. The third kappa shape index (κ3) is 2.54. The van der Waals surface area contributed by atoms with Crippen molar-refractivity contribution in [1.29, 1.82) is 0 Å². The highest BCUT2D eigenvalue weighted by Crippen LogP contribution is 2.31. The molecule has 7 nitrogen and oxygen atoms in total. The molecule has 0 amide bonds. The number of nitrogens with zero attached hydrogens (tertiary/aromatic N) is 5. The molecule has 24 heavy (non-hydrogen) atoms. The Balaban J connectivity index is 1.68. The Morgan fingerprint density at radius 1 is 1.38 bits per heavy atom. The number of aromatic nitrogens is 5. The summed E-state index contributed by atoms with van der Waals surface area (Å²) in [5.41, 5.74) is 3.93. The van der Waals surface area contributed by atoms with Crippen LogP contribution in [0.3, 0.4) is 0 Å². The van der Waals surface area contributed by atoms with Crippen LogP contribution in [0, 0.1) is 6.92 Å². The molecule has 7 heteroatoms. The molecular formula is C17H22N6O. The Kier molecular flexibility index (Phi) is 3.72. The van der Waals surface area contributed by atoms with Crippen molar-refractivity contribution in [1.82, 2.24) is 29.3 Å². The van der Waals surface area contributed by atoms with E-state index in [4.69, 9.17) is 4.98 Å². The summed E-state index contributed by atoms with van der Waals surface area (Å²) in [4.78, 5) is 19.4. The second kappa shape index (κ2) is 5.90. The first-order valence-electron chi connectivity index (χ1n) is 8.42.